The van der Waals surface area contributed by atoms with Crippen LogP contribution < -0.4 is 20.2 Å². The molecule has 6 heteroatoms. The molecule has 0 bridgehead atoms. The number of nitrogens with one attached hydrogen (secondary N) is 2. The predicted molar refractivity (Wildman–Crippen MR) is 101 cm³/mol. The summed E-state index contributed by atoms with van der Waals surface area (Å²) in [6.45, 7) is 0.360. The highest BCUT2D eigenvalue weighted by Crippen LogP contribution is 2.31. The third-order valence-corrected chi connectivity index (χ3v) is 4.03. The second kappa shape index (κ2) is 7.14. The minimum absolute atomic E-state index is 0.131. The van der Waals surface area contributed by atoms with Crippen molar-refractivity contribution in [1.29, 1.82) is 0 Å². The zero-order valence-corrected chi connectivity index (χ0v) is 13.9. The summed E-state index contributed by atoms with van der Waals surface area (Å²) in [5, 5.41) is 9.33. The lowest BCUT2D eigenvalue weighted by atomic mass is 10.1. The molecule has 130 valence electrons. The molecule has 3 aromatic rings. The Kier molecular flexibility index (Phi) is 4.38. The topological polar surface area (TPSA) is 72.0 Å². The highest BCUT2D eigenvalue weighted by molar-refractivity contribution is 5.95. The van der Waals surface area contributed by atoms with Gasteiger partial charge in [0.25, 0.3) is 5.91 Å². The van der Waals surface area contributed by atoms with E-state index in [1.165, 1.54) is 0 Å². The molecule has 0 radical (unpaired) electrons. The number of hydrazone groups is 1. The summed E-state index contributed by atoms with van der Waals surface area (Å²) in [4.78, 5) is 12.0. The van der Waals surface area contributed by atoms with Crippen molar-refractivity contribution in [2.24, 2.45) is 5.10 Å². The van der Waals surface area contributed by atoms with Crippen molar-refractivity contribution in [2.45, 2.75) is 0 Å². The molecule has 1 aliphatic heterocycles. The predicted octanol–water partition coefficient (Wildman–Crippen LogP) is 3.13. The summed E-state index contributed by atoms with van der Waals surface area (Å²) in [5.74, 6) is 1.17. The van der Waals surface area contributed by atoms with Gasteiger partial charge in [0.1, 0.15) is 0 Å². The third kappa shape index (κ3) is 3.44. The molecule has 0 aromatic heterocycles. The Labute approximate surface area is 150 Å². The maximum atomic E-state index is 12.0. The summed E-state index contributed by atoms with van der Waals surface area (Å²) in [6, 6.07) is 19.4. The Bertz CT molecular complexity index is 980. The fraction of sp³-hybridized carbons (Fsp3) is 0.100. The average Bonchev–Trinajstić information content (AvgIpc) is 3.14. The minimum atomic E-state index is -0.227. The summed E-state index contributed by atoms with van der Waals surface area (Å²) in [7, 11) is 0. The quantitative estimate of drug-likeness (QED) is 0.549. The number of ether oxygens (including phenoxy) is 2. The van der Waals surface area contributed by atoms with Crippen LogP contribution in [0.4, 0.5) is 5.69 Å². The van der Waals surface area contributed by atoms with Crippen LogP contribution in [0.5, 0.6) is 11.5 Å². The third-order valence-electron chi connectivity index (χ3n) is 4.03. The number of carbonyl (C=O) groups excluding carboxylic acids is 1. The van der Waals surface area contributed by atoms with Crippen LogP contribution in [0, 0.1) is 0 Å². The first-order valence-electron chi connectivity index (χ1n) is 8.23. The maximum absolute atomic E-state index is 12.0. The van der Waals surface area contributed by atoms with E-state index in [-0.39, 0.29) is 19.2 Å². The Balaban J connectivity index is 1.34. The van der Waals surface area contributed by atoms with Crippen molar-refractivity contribution >= 4 is 28.6 Å². The molecule has 0 aliphatic carbocycles. The van der Waals surface area contributed by atoms with E-state index in [4.69, 9.17) is 9.47 Å². The van der Waals surface area contributed by atoms with Crippen molar-refractivity contribution in [1.82, 2.24) is 5.43 Å². The summed E-state index contributed by atoms with van der Waals surface area (Å²) in [5.41, 5.74) is 4.24. The lowest BCUT2D eigenvalue weighted by Crippen LogP contribution is -2.25. The van der Waals surface area contributed by atoms with Crippen LogP contribution in [0.15, 0.2) is 65.8 Å². The van der Waals surface area contributed by atoms with Gasteiger partial charge in [0.05, 0.1) is 12.8 Å². The van der Waals surface area contributed by atoms with Gasteiger partial charge in [-0.25, -0.2) is 5.43 Å². The van der Waals surface area contributed by atoms with Crippen molar-refractivity contribution in [3.05, 3.63) is 66.2 Å². The van der Waals surface area contributed by atoms with E-state index in [1.807, 2.05) is 60.7 Å². The van der Waals surface area contributed by atoms with E-state index in [9.17, 15) is 4.79 Å². The zero-order valence-electron chi connectivity index (χ0n) is 13.9. The molecule has 2 N–H and O–H groups in total. The summed E-state index contributed by atoms with van der Waals surface area (Å²) < 4.78 is 10.6. The first-order valence-corrected chi connectivity index (χ1v) is 8.23. The van der Waals surface area contributed by atoms with Crippen molar-refractivity contribution < 1.29 is 14.3 Å². The van der Waals surface area contributed by atoms with Crippen LogP contribution in [0.2, 0.25) is 0 Å². The largest absolute Gasteiger partial charge is 0.454 e. The smallest absolute Gasteiger partial charge is 0.259 e. The summed E-state index contributed by atoms with van der Waals surface area (Å²) in [6.07, 6.45) is 1.57. The fourth-order valence-corrected chi connectivity index (χ4v) is 2.77. The first kappa shape index (κ1) is 16.0. The molecule has 0 spiro atoms. The van der Waals surface area contributed by atoms with Gasteiger partial charge in [-0.2, -0.15) is 5.10 Å². The Morgan fingerprint density at radius 1 is 1.04 bits per heavy atom. The molecule has 4 rings (SSSR count). The van der Waals surface area contributed by atoms with Crippen LogP contribution in [-0.2, 0) is 4.79 Å². The van der Waals surface area contributed by atoms with E-state index >= 15 is 0 Å². The summed E-state index contributed by atoms with van der Waals surface area (Å²) >= 11 is 0. The second-order valence-corrected chi connectivity index (χ2v) is 5.79. The van der Waals surface area contributed by atoms with Crippen LogP contribution in [0.1, 0.15) is 5.56 Å². The first-order chi connectivity index (χ1) is 12.8. The molecule has 3 aromatic carbocycles. The van der Waals surface area contributed by atoms with Gasteiger partial charge in [0, 0.05) is 11.1 Å². The minimum Gasteiger partial charge on any atom is -0.454 e. The van der Waals surface area contributed by atoms with Gasteiger partial charge >= 0.3 is 0 Å². The second-order valence-electron chi connectivity index (χ2n) is 5.79. The van der Waals surface area contributed by atoms with Gasteiger partial charge in [-0.1, -0.05) is 36.4 Å². The number of hydrogen-bond acceptors (Lipinski definition) is 5. The van der Waals surface area contributed by atoms with Crippen molar-refractivity contribution in [3.8, 4) is 11.5 Å². The highest BCUT2D eigenvalue weighted by atomic mass is 16.7. The molecule has 0 unspecified atom stereocenters. The van der Waals surface area contributed by atoms with Gasteiger partial charge < -0.3 is 14.8 Å². The molecule has 0 fully saturated rings. The number of carbonyl (C=O) groups is 1. The molecule has 1 heterocycles. The number of amides is 1. The van der Waals surface area contributed by atoms with E-state index in [2.05, 4.69) is 15.8 Å². The van der Waals surface area contributed by atoms with E-state index in [1.54, 1.807) is 6.21 Å². The van der Waals surface area contributed by atoms with Crippen LogP contribution in [0.3, 0.4) is 0 Å². The molecule has 0 atom stereocenters. The average molecular weight is 347 g/mol. The SMILES string of the molecule is O=C(CNc1cccc2ccccc12)NN=Cc1ccc2c(c1)OCO2. The number of fused-ring (bicyclic) bond motifs is 2. The molecule has 1 aliphatic rings. The maximum Gasteiger partial charge on any atom is 0.259 e. The number of anilines is 1. The lowest BCUT2D eigenvalue weighted by molar-refractivity contribution is -0.119. The fourth-order valence-electron chi connectivity index (χ4n) is 2.77. The Morgan fingerprint density at radius 3 is 2.85 bits per heavy atom. The molecule has 1 amide bonds. The molecule has 26 heavy (non-hydrogen) atoms. The van der Waals surface area contributed by atoms with Gasteiger partial charge in [0.15, 0.2) is 11.5 Å². The Hall–Kier alpha value is -3.54. The number of nitrogens with zero attached hydrogens (tertiary/aromatic N) is 1. The molecule has 6 nitrogen and oxygen atoms in total. The standard InChI is InChI=1S/C20H17N3O3/c24-20(12-21-17-7-3-5-15-4-1-2-6-16(15)17)23-22-11-14-8-9-18-19(10-14)26-13-25-18/h1-11,21H,12-13H2,(H,23,24). The van der Waals surface area contributed by atoms with Gasteiger partial charge in [-0.15, -0.1) is 0 Å². The number of hydrogen-bond donors (Lipinski definition) is 2. The zero-order chi connectivity index (χ0) is 17.8. The normalized spacial score (nSPS) is 12.5. The van der Waals surface area contributed by atoms with Crippen LogP contribution in [0.25, 0.3) is 10.8 Å². The van der Waals surface area contributed by atoms with Gasteiger partial charge in [-0.05, 0) is 35.2 Å². The molecular formula is C20H17N3O3. The van der Waals surface area contributed by atoms with Gasteiger partial charge in [0.2, 0.25) is 6.79 Å². The van der Waals surface area contributed by atoms with Crippen LogP contribution >= 0.6 is 0 Å². The molecule has 0 saturated carbocycles. The van der Waals surface area contributed by atoms with Crippen molar-refractivity contribution in [3.63, 3.8) is 0 Å². The highest BCUT2D eigenvalue weighted by Gasteiger charge is 2.12. The lowest BCUT2D eigenvalue weighted by Gasteiger charge is -2.08. The molecule has 0 saturated heterocycles. The van der Waals surface area contributed by atoms with E-state index in [0.717, 1.165) is 22.0 Å². The van der Waals surface area contributed by atoms with E-state index in [0.29, 0.717) is 11.5 Å². The van der Waals surface area contributed by atoms with Crippen molar-refractivity contribution in [2.75, 3.05) is 18.7 Å². The number of benzene rings is 3. The van der Waals surface area contributed by atoms with Crippen LogP contribution in [-0.4, -0.2) is 25.5 Å². The number of rotatable bonds is 5. The monoisotopic (exact) mass is 347 g/mol. The molecular weight excluding hydrogens is 330 g/mol. The van der Waals surface area contributed by atoms with Gasteiger partial charge in [-0.3, -0.25) is 4.79 Å². The Morgan fingerprint density at radius 2 is 1.88 bits per heavy atom. The van der Waals surface area contributed by atoms with E-state index < -0.39 is 0 Å².